The van der Waals surface area contributed by atoms with Gasteiger partial charge in [-0.1, -0.05) is 0 Å². The number of ether oxygens (including phenoxy) is 1. The highest BCUT2D eigenvalue weighted by Crippen LogP contribution is 2.48. The van der Waals surface area contributed by atoms with Crippen LogP contribution in [0.4, 0.5) is 0 Å². The molecule has 0 heterocycles. The third-order valence-electron chi connectivity index (χ3n) is 1.76. The van der Waals surface area contributed by atoms with Crippen molar-refractivity contribution in [2.45, 2.75) is 6.92 Å². The van der Waals surface area contributed by atoms with Crippen LogP contribution in [-0.2, 0) is 23.1 Å². The van der Waals surface area contributed by atoms with Gasteiger partial charge in [-0.3, -0.25) is 4.57 Å². The van der Waals surface area contributed by atoms with Crippen molar-refractivity contribution in [1.29, 1.82) is 0 Å². The summed E-state index contributed by atoms with van der Waals surface area (Å²) in [6.45, 7) is 1.53. The summed E-state index contributed by atoms with van der Waals surface area (Å²) < 4.78 is 25.5. The van der Waals surface area contributed by atoms with Crippen LogP contribution in [-0.4, -0.2) is 27.3 Å². The van der Waals surface area contributed by atoms with Gasteiger partial charge in [0.15, 0.2) is 0 Å². The first-order valence-electron chi connectivity index (χ1n) is 4.35. The predicted octanol–water partition coefficient (Wildman–Crippen LogP) is 1.39. The van der Waals surface area contributed by atoms with E-state index in [0.717, 1.165) is 5.82 Å². The third kappa shape index (κ3) is 4.18. The number of hydrogen-bond acceptors (Lipinski definition) is 6. The van der Waals surface area contributed by atoms with E-state index >= 15 is 0 Å². The van der Waals surface area contributed by atoms with Crippen molar-refractivity contribution in [3.63, 3.8) is 0 Å². The molecule has 0 spiro atoms. The van der Waals surface area contributed by atoms with Gasteiger partial charge in [-0.2, -0.15) is 0 Å². The second-order valence-electron chi connectivity index (χ2n) is 2.81. The van der Waals surface area contributed by atoms with E-state index in [2.05, 4.69) is 13.8 Å². The second-order valence-corrected chi connectivity index (χ2v) is 4.92. The normalized spacial score (nSPS) is 13.8. The molecule has 0 unspecified atom stereocenters. The lowest BCUT2D eigenvalue weighted by Crippen LogP contribution is -2.09. The number of esters is 1. The smallest absolute Gasteiger partial charge is 0.353 e. The lowest BCUT2D eigenvalue weighted by molar-refractivity contribution is -0.135. The zero-order valence-corrected chi connectivity index (χ0v) is 10.6. The van der Waals surface area contributed by atoms with Crippen molar-refractivity contribution in [3.8, 4) is 0 Å². The summed E-state index contributed by atoms with van der Waals surface area (Å²) >= 11 is 0. The van der Waals surface area contributed by atoms with E-state index in [1.165, 1.54) is 34.3 Å². The molecule has 0 radical (unpaired) electrons. The van der Waals surface area contributed by atoms with E-state index in [9.17, 15) is 9.36 Å². The highest BCUT2D eigenvalue weighted by molar-refractivity contribution is 7.57. The first kappa shape index (κ1) is 14.9. The Bertz CT molecular complexity index is 349. The highest BCUT2D eigenvalue weighted by atomic mass is 31.2. The standard InChI is InChI=1S/C9H16NO5P/c1-7(10)8(9(11)13-2)5-6-16(12,14-3)15-4/h5-6H,10H2,1-4H3/b6-5+,8-7+. The van der Waals surface area contributed by atoms with Crippen LogP contribution in [0.1, 0.15) is 6.92 Å². The van der Waals surface area contributed by atoms with Crippen molar-refractivity contribution < 1.29 is 23.1 Å². The predicted molar refractivity (Wildman–Crippen MR) is 59.7 cm³/mol. The van der Waals surface area contributed by atoms with Crippen molar-refractivity contribution >= 4 is 13.6 Å². The lowest BCUT2D eigenvalue weighted by Gasteiger charge is -2.08. The first-order valence-corrected chi connectivity index (χ1v) is 5.96. The number of carbonyl (C=O) groups is 1. The van der Waals surface area contributed by atoms with Gasteiger partial charge in [-0.15, -0.1) is 0 Å². The van der Waals surface area contributed by atoms with Crippen LogP contribution in [0.25, 0.3) is 0 Å². The van der Waals surface area contributed by atoms with Crippen LogP contribution < -0.4 is 5.73 Å². The van der Waals surface area contributed by atoms with Gasteiger partial charge >= 0.3 is 13.6 Å². The van der Waals surface area contributed by atoms with Crippen molar-refractivity contribution in [3.05, 3.63) is 23.2 Å². The summed E-state index contributed by atoms with van der Waals surface area (Å²) in [6, 6.07) is 0. The highest BCUT2D eigenvalue weighted by Gasteiger charge is 2.17. The fourth-order valence-electron chi connectivity index (χ4n) is 0.833. The molecular formula is C9H16NO5P. The van der Waals surface area contributed by atoms with Gasteiger partial charge in [0.05, 0.1) is 12.7 Å². The fraction of sp³-hybridized carbons (Fsp3) is 0.444. The van der Waals surface area contributed by atoms with Crippen LogP contribution >= 0.6 is 7.60 Å². The molecule has 0 fully saturated rings. The Morgan fingerprint density at radius 2 is 1.75 bits per heavy atom. The minimum atomic E-state index is -3.30. The summed E-state index contributed by atoms with van der Waals surface area (Å²) in [5, 5.41) is 0. The average molecular weight is 249 g/mol. The molecule has 2 N–H and O–H groups in total. The summed E-state index contributed by atoms with van der Waals surface area (Å²) in [7, 11) is 0.408. The van der Waals surface area contributed by atoms with Crippen molar-refractivity contribution in [2.75, 3.05) is 21.3 Å². The maximum Gasteiger partial charge on any atom is 0.353 e. The van der Waals surface area contributed by atoms with Gasteiger partial charge in [-0.25, -0.2) is 4.79 Å². The van der Waals surface area contributed by atoms with Gasteiger partial charge in [0.25, 0.3) is 0 Å². The quantitative estimate of drug-likeness (QED) is 0.343. The third-order valence-corrected chi connectivity index (χ3v) is 3.30. The zero-order valence-electron chi connectivity index (χ0n) is 9.72. The Morgan fingerprint density at radius 3 is 2.06 bits per heavy atom. The topological polar surface area (TPSA) is 87.9 Å². The molecule has 7 heteroatoms. The van der Waals surface area contributed by atoms with Crippen LogP contribution in [0.15, 0.2) is 23.2 Å². The minimum absolute atomic E-state index is 0.108. The Kier molecular flexibility index (Phi) is 6.03. The van der Waals surface area contributed by atoms with Crippen LogP contribution in [0.3, 0.4) is 0 Å². The van der Waals surface area contributed by atoms with E-state index in [1.807, 2.05) is 0 Å². The summed E-state index contributed by atoms with van der Waals surface area (Å²) in [5.74, 6) is 0.533. The van der Waals surface area contributed by atoms with Crippen LogP contribution in [0, 0.1) is 0 Å². The van der Waals surface area contributed by atoms with Crippen molar-refractivity contribution in [1.82, 2.24) is 0 Å². The maximum absolute atomic E-state index is 11.6. The molecule has 6 nitrogen and oxygen atoms in total. The molecule has 0 aliphatic carbocycles. The average Bonchev–Trinajstić information content (AvgIpc) is 2.28. The SMILES string of the molecule is COC(=O)C(/C=C/P(=O)(OC)OC)=C(\C)N. The molecule has 0 aliphatic heterocycles. The molecule has 0 bridgehead atoms. The van der Waals surface area contributed by atoms with E-state index < -0.39 is 13.6 Å². The Morgan fingerprint density at radius 1 is 1.25 bits per heavy atom. The number of nitrogens with two attached hydrogens (primary N) is 1. The van der Waals surface area contributed by atoms with E-state index in [1.54, 1.807) is 0 Å². The van der Waals surface area contributed by atoms with E-state index in [4.69, 9.17) is 5.73 Å². The molecule has 0 rings (SSSR count). The van der Waals surface area contributed by atoms with E-state index in [-0.39, 0.29) is 11.3 Å². The Labute approximate surface area is 94.6 Å². The van der Waals surface area contributed by atoms with Crippen LogP contribution in [0.5, 0.6) is 0 Å². The molecular weight excluding hydrogens is 233 g/mol. The molecule has 0 aromatic rings. The number of allylic oxidation sites excluding steroid dienone is 1. The molecule has 0 saturated heterocycles. The second kappa shape index (κ2) is 6.48. The van der Waals surface area contributed by atoms with Gasteiger partial charge in [-0.05, 0) is 13.0 Å². The lowest BCUT2D eigenvalue weighted by atomic mass is 10.2. The summed E-state index contributed by atoms with van der Waals surface area (Å²) in [6.07, 6.45) is 1.26. The molecule has 0 aromatic carbocycles. The van der Waals surface area contributed by atoms with Gasteiger partial charge in [0.2, 0.25) is 0 Å². The fourth-order valence-corrected chi connectivity index (χ4v) is 1.56. The Balaban J connectivity index is 5.07. The minimum Gasteiger partial charge on any atom is -0.465 e. The monoisotopic (exact) mass is 249 g/mol. The molecule has 0 amide bonds. The first-order chi connectivity index (χ1) is 7.40. The molecule has 16 heavy (non-hydrogen) atoms. The summed E-state index contributed by atoms with van der Waals surface area (Å²) in [5.41, 5.74) is 5.84. The molecule has 0 saturated carbocycles. The number of hydrogen-bond donors (Lipinski definition) is 1. The molecule has 92 valence electrons. The van der Waals surface area contributed by atoms with Gasteiger partial charge in [0, 0.05) is 25.7 Å². The zero-order chi connectivity index (χ0) is 12.8. The number of rotatable bonds is 5. The van der Waals surface area contributed by atoms with Gasteiger partial charge < -0.3 is 19.5 Å². The Hall–Kier alpha value is -1.10. The van der Waals surface area contributed by atoms with E-state index in [0.29, 0.717) is 0 Å². The van der Waals surface area contributed by atoms with Gasteiger partial charge in [0.1, 0.15) is 0 Å². The molecule has 0 aromatic heterocycles. The molecule has 0 aliphatic rings. The summed E-state index contributed by atoms with van der Waals surface area (Å²) in [4.78, 5) is 11.3. The number of methoxy groups -OCH3 is 1. The number of carbonyl (C=O) groups excluding carboxylic acids is 1. The molecule has 0 atom stereocenters. The largest absolute Gasteiger partial charge is 0.465 e. The van der Waals surface area contributed by atoms with Crippen LogP contribution in [0.2, 0.25) is 0 Å². The van der Waals surface area contributed by atoms with Crippen molar-refractivity contribution in [2.24, 2.45) is 5.73 Å². The maximum atomic E-state index is 11.6.